The maximum Gasteiger partial charge on any atom is 0.410 e. The second-order valence-corrected chi connectivity index (χ2v) is 10.8. The average Bonchev–Trinajstić information content (AvgIpc) is 3.25. The van der Waals surface area contributed by atoms with Crippen LogP contribution >= 0.6 is 0 Å². The predicted molar refractivity (Wildman–Crippen MR) is 145 cm³/mol. The number of hydrogen-bond donors (Lipinski definition) is 1. The lowest BCUT2D eigenvalue weighted by Crippen LogP contribution is -2.42. The maximum absolute atomic E-state index is 12.3. The van der Waals surface area contributed by atoms with Crippen molar-refractivity contribution in [3.8, 4) is 23.0 Å². The summed E-state index contributed by atoms with van der Waals surface area (Å²) in [6.07, 6.45) is 3.03. The number of likely N-dealkylation sites (tertiary alicyclic amines) is 1. The van der Waals surface area contributed by atoms with Gasteiger partial charge in [0.05, 0.1) is 25.3 Å². The Morgan fingerprint density at radius 3 is 2.61 bits per heavy atom. The lowest BCUT2D eigenvalue weighted by molar-refractivity contribution is 0.0164. The molecule has 0 atom stereocenters. The standard InChI is InChI=1S/C29H34N4O5/c1-18-12-20-6-7-21(13-23(20)31-18)37-27-16-30-32-24-15-26(25(35-5)14-22(24)27)36-17-19-8-10-33(11-9-19)28(34)38-29(2,3)4/h6-7,12-16,19,31H,8-11,17H2,1-5H3. The Morgan fingerprint density at radius 1 is 1.08 bits per heavy atom. The van der Waals surface area contributed by atoms with E-state index < -0.39 is 5.60 Å². The van der Waals surface area contributed by atoms with E-state index in [1.54, 1.807) is 18.2 Å². The van der Waals surface area contributed by atoms with Gasteiger partial charge in [0.1, 0.15) is 16.9 Å². The lowest BCUT2D eigenvalue weighted by Gasteiger charge is -2.33. The number of methoxy groups -OCH3 is 1. The Labute approximate surface area is 222 Å². The molecule has 38 heavy (non-hydrogen) atoms. The fraction of sp³-hybridized carbons (Fsp3) is 0.414. The van der Waals surface area contributed by atoms with E-state index in [4.69, 9.17) is 18.9 Å². The number of carbonyl (C=O) groups excluding carboxylic acids is 1. The van der Waals surface area contributed by atoms with Crippen molar-refractivity contribution in [1.82, 2.24) is 20.1 Å². The number of nitrogens with one attached hydrogen (secondary N) is 1. The second-order valence-electron chi connectivity index (χ2n) is 10.8. The number of ether oxygens (including phenoxy) is 4. The smallest absolute Gasteiger partial charge is 0.410 e. The quantitative estimate of drug-likeness (QED) is 0.322. The normalized spacial score (nSPS) is 14.6. The van der Waals surface area contributed by atoms with Crippen LogP contribution in [0.4, 0.5) is 4.79 Å². The van der Waals surface area contributed by atoms with Gasteiger partial charge in [0.15, 0.2) is 17.2 Å². The third-order valence-corrected chi connectivity index (χ3v) is 6.59. The van der Waals surface area contributed by atoms with Gasteiger partial charge in [0.2, 0.25) is 0 Å². The first-order valence-corrected chi connectivity index (χ1v) is 12.9. The number of nitrogens with zero attached hydrogens (tertiary/aromatic N) is 3. The Bertz CT molecular complexity index is 1450. The Hall–Kier alpha value is -4.01. The van der Waals surface area contributed by atoms with E-state index in [0.717, 1.165) is 34.8 Å². The van der Waals surface area contributed by atoms with E-state index in [1.807, 2.05) is 58.0 Å². The zero-order chi connectivity index (χ0) is 26.9. The van der Waals surface area contributed by atoms with E-state index in [-0.39, 0.29) is 6.09 Å². The van der Waals surface area contributed by atoms with Crippen LogP contribution in [0.2, 0.25) is 0 Å². The van der Waals surface area contributed by atoms with Crippen molar-refractivity contribution >= 4 is 27.9 Å². The number of rotatable bonds is 6. The molecule has 0 unspecified atom stereocenters. The molecule has 2 aromatic heterocycles. The van der Waals surface area contributed by atoms with E-state index >= 15 is 0 Å². The zero-order valence-corrected chi connectivity index (χ0v) is 22.5. The summed E-state index contributed by atoms with van der Waals surface area (Å²) in [6, 6.07) is 11.7. The van der Waals surface area contributed by atoms with Crippen LogP contribution in [0.1, 0.15) is 39.3 Å². The van der Waals surface area contributed by atoms with Crippen molar-refractivity contribution in [2.75, 3.05) is 26.8 Å². The SMILES string of the molecule is COc1cc2c(Oc3ccc4cc(C)[nH]c4c3)cnnc2cc1OCC1CCN(C(=O)OC(C)(C)C)CC1. The number of aryl methyl sites for hydroxylation is 1. The number of fused-ring (bicyclic) bond motifs is 2. The minimum Gasteiger partial charge on any atom is -0.493 e. The summed E-state index contributed by atoms with van der Waals surface area (Å²) in [7, 11) is 1.62. The van der Waals surface area contributed by atoms with Gasteiger partial charge in [-0.05, 0) is 76.1 Å². The van der Waals surface area contributed by atoms with Gasteiger partial charge in [-0.25, -0.2) is 4.79 Å². The molecule has 1 fully saturated rings. The maximum atomic E-state index is 12.3. The first-order valence-electron chi connectivity index (χ1n) is 12.9. The highest BCUT2D eigenvalue weighted by molar-refractivity contribution is 5.88. The first-order chi connectivity index (χ1) is 18.2. The van der Waals surface area contributed by atoms with Crippen molar-refractivity contribution in [3.05, 3.63) is 48.3 Å². The topological polar surface area (TPSA) is 98.8 Å². The summed E-state index contributed by atoms with van der Waals surface area (Å²) >= 11 is 0. The third kappa shape index (κ3) is 5.77. The van der Waals surface area contributed by atoms with Crippen LogP contribution in [0.15, 0.2) is 42.6 Å². The molecule has 1 N–H and O–H groups in total. The van der Waals surface area contributed by atoms with Crippen LogP contribution in [0, 0.1) is 12.8 Å². The van der Waals surface area contributed by atoms with Gasteiger partial charge in [0, 0.05) is 36.4 Å². The molecule has 1 aliphatic heterocycles. The molecule has 3 heterocycles. The predicted octanol–water partition coefficient (Wildman–Crippen LogP) is 6.25. The third-order valence-electron chi connectivity index (χ3n) is 6.59. The largest absolute Gasteiger partial charge is 0.493 e. The monoisotopic (exact) mass is 518 g/mol. The number of aromatic nitrogens is 3. The number of aromatic amines is 1. The lowest BCUT2D eigenvalue weighted by atomic mass is 9.98. The first kappa shape index (κ1) is 25.6. The molecule has 5 rings (SSSR count). The molecule has 4 aromatic rings. The highest BCUT2D eigenvalue weighted by atomic mass is 16.6. The molecule has 2 aromatic carbocycles. The summed E-state index contributed by atoms with van der Waals surface area (Å²) in [5, 5.41) is 10.3. The van der Waals surface area contributed by atoms with Gasteiger partial charge in [-0.15, -0.1) is 0 Å². The summed E-state index contributed by atoms with van der Waals surface area (Å²) < 4.78 is 23.5. The number of carbonyl (C=O) groups is 1. The van der Waals surface area contributed by atoms with Crippen LogP contribution < -0.4 is 14.2 Å². The van der Waals surface area contributed by atoms with Gasteiger partial charge in [-0.3, -0.25) is 0 Å². The Balaban J connectivity index is 1.27. The number of benzene rings is 2. The van der Waals surface area contributed by atoms with Crippen molar-refractivity contribution in [3.63, 3.8) is 0 Å². The van der Waals surface area contributed by atoms with E-state index in [0.29, 0.717) is 54.1 Å². The Kier molecular flexibility index (Phi) is 7.01. The molecule has 1 amide bonds. The van der Waals surface area contributed by atoms with Crippen LogP contribution in [-0.2, 0) is 4.74 Å². The summed E-state index contributed by atoms with van der Waals surface area (Å²) in [6.45, 7) is 9.49. The second kappa shape index (κ2) is 10.4. The highest BCUT2D eigenvalue weighted by Crippen LogP contribution is 2.37. The van der Waals surface area contributed by atoms with E-state index in [9.17, 15) is 4.79 Å². The molecule has 1 saturated heterocycles. The number of piperidine rings is 1. The molecule has 0 spiro atoms. The molecule has 9 heteroatoms. The molecule has 0 radical (unpaired) electrons. The molecule has 0 saturated carbocycles. The van der Waals surface area contributed by atoms with Crippen molar-refractivity contribution < 1.29 is 23.7 Å². The van der Waals surface area contributed by atoms with Crippen molar-refractivity contribution in [2.45, 2.75) is 46.1 Å². The zero-order valence-electron chi connectivity index (χ0n) is 22.5. The van der Waals surface area contributed by atoms with E-state index in [1.165, 1.54) is 0 Å². The van der Waals surface area contributed by atoms with Gasteiger partial charge in [0.25, 0.3) is 0 Å². The van der Waals surface area contributed by atoms with Crippen LogP contribution in [0.3, 0.4) is 0 Å². The van der Waals surface area contributed by atoms with Crippen molar-refractivity contribution in [2.24, 2.45) is 5.92 Å². The minimum absolute atomic E-state index is 0.257. The van der Waals surface area contributed by atoms with Gasteiger partial charge in [-0.2, -0.15) is 10.2 Å². The molecule has 1 aliphatic rings. The molecule has 0 aliphatic carbocycles. The fourth-order valence-corrected chi connectivity index (χ4v) is 4.65. The molecule has 9 nitrogen and oxygen atoms in total. The molecule has 200 valence electrons. The number of H-pyrrole nitrogens is 1. The minimum atomic E-state index is -0.494. The average molecular weight is 519 g/mol. The highest BCUT2D eigenvalue weighted by Gasteiger charge is 2.27. The Morgan fingerprint density at radius 2 is 1.87 bits per heavy atom. The molecular formula is C29H34N4O5. The fourth-order valence-electron chi connectivity index (χ4n) is 4.65. The van der Waals surface area contributed by atoms with Crippen LogP contribution in [0.25, 0.3) is 21.8 Å². The van der Waals surface area contributed by atoms with Gasteiger partial charge >= 0.3 is 6.09 Å². The summed E-state index contributed by atoms with van der Waals surface area (Å²) in [5.74, 6) is 2.80. The summed E-state index contributed by atoms with van der Waals surface area (Å²) in [4.78, 5) is 17.4. The molecular weight excluding hydrogens is 484 g/mol. The molecule has 0 bridgehead atoms. The number of hydrogen-bond acceptors (Lipinski definition) is 7. The van der Waals surface area contributed by atoms with Crippen LogP contribution in [0.5, 0.6) is 23.0 Å². The van der Waals surface area contributed by atoms with Crippen molar-refractivity contribution in [1.29, 1.82) is 0 Å². The number of amides is 1. The van der Waals surface area contributed by atoms with Gasteiger partial charge in [-0.1, -0.05) is 0 Å². The van der Waals surface area contributed by atoms with E-state index in [2.05, 4.69) is 21.2 Å². The van der Waals surface area contributed by atoms with Gasteiger partial charge < -0.3 is 28.8 Å². The van der Waals surface area contributed by atoms with Crippen LogP contribution in [-0.4, -0.2) is 58.6 Å². The summed E-state index contributed by atoms with van der Waals surface area (Å²) in [5.41, 5.74) is 2.26.